The zero-order valence-electron chi connectivity index (χ0n) is 19.6. The van der Waals surface area contributed by atoms with Crippen LogP contribution in [0.25, 0.3) is 33.8 Å². The Bertz CT molecular complexity index is 1270. The lowest BCUT2D eigenvalue weighted by molar-refractivity contribution is 1.07. The molecule has 0 aliphatic rings. The Labute approximate surface area is 200 Å². The number of fused-ring (bicyclic) bond motifs is 1. The van der Waals surface area contributed by atoms with Crippen LogP contribution in [0.15, 0.2) is 73.0 Å². The van der Waals surface area contributed by atoms with Crippen LogP contribution in [0.3, 0.4) is 0 Å². The quantitative estimate of drug-likeness (QED) is 0.253. The number of rotatable bonds is 5. The average molecular weight is 460 g/mol. The molecular formula is C27H30ClN5. The highest BCUT2D eigenvalue weighted by atomic mass is 35.5. The standard InChI is InChI=1S/C24H22ClN5.C3H8/c1-3-6-17(4-2)20-12-13-21-24(28-20)30(18-10-8-16(15-25)9-11-18)23(29-21)19-7-5-14-27-22(19)26;1-3-2/h3-14H,15H2,1-2H3,(H2,26,27);3H2,1-2H3/b6-3-,17-4+;. The number of hydrogen-bond acceptors (Lipinski definition) is 4. The number of pyridine rings is 2. The molecular weight excluding hydrogens is 430 g/mol. The lowest BCUT2D eigenvalue weighted by Gasteiger charge is -2.11. The van der Waals surface area contributed by atoms with Gasteiger partial charge in [-0.2, -0.15) is 0 Å². The van der Waals surface area contributed by atoms with Crippen LogP contribution in [0.5, 0.6) is 0 Å². The molecule has 0 saturated heterocycles. The van der Waals surface area contributed by atoms with E-state index in [1.807, 2.05) is 85.2 Å². The molecule has 0 bridgehead atoms. The Balaban J connectivity index is 0.000000968. The highest BCUT2D eigenvalue weighted by molar-refractivity contribution is 6.17. The van der Waals surface area contributed by atoms with E-state index in [0.717, 1.165) is 39.2 Å². The van der Waals surface area contributed by atoms with E-state index in [0.29, 0.717) is 17.5 Å². The topological polar surface area (TPSA) is 69.6 Å². The molecule has 0 aliphatic carbocycles. The third-order valence-corrected chi connectivity index (χ3v) is 5.19. The molecule has 170 valence electrons. The number of imidazole rings is 1. The van der Waals surface area contributed by atoms with Crippen molar-refractivity contribution >= 4 is 34.2 Å². The van der Waals surface area contributed by atoms with Crippen LogP contribution in [0, 0.1) is 0 Å². The summed E-state index contributed by atoms with van der Waals surface area (Å²) < 4.78 is 2.02. The molecule has 0 saturated carbocycles. The average Bonchev–Trinajstić information content (AvgIpc) is 3.22. The Morgan fingerprint density at radius 1 is 1.03 bits per heavy atom. The molecule has 3 aromatic heterocycles. The minimum absolute atomic E-state index is 0.426. The van der Waals surface area contributed by atoms with E-state index >= 15 is 0 Å². The first-order chi connectivity index (χ1) is 16.1. The molecule has 0 aliphatic heterocycles. The number of nitrogens with two attached hydrogens (primary N) is 1. The smallest absolute Gasteiger partial charge is 0.165 e. The lowest BCUT2D eigenvalue weighted by atomic mass is 10.1. The molecule has 0 radical (unpaired) electrons. The summed E-state index contributed by atoms with van der Waals surface area (Å²) in [5.41, 5.74) is 12.4. The van der Waals surface area contributed by atoms with Crippen LogP contribution in [0.4, 0.5) is 5.82 Å². The first-order valence-electron chi connectivity index (χ1n) is 11.1. The van der Waals surface area contributed by atoms with Gasteiger partial charge in [-0.1, -0.05) is 50.6 Å². The molecule has 6 heteroatoms. The molecule has 4 aromatic rings. The van der Waals surface area contributed by atoms with E-state index < -0.39 is 0 Å². The fraction of sp³-hybridized carbons (Fsp3) is 0.222. The van der Waals surface area contributed by atoms with Crippen LogP contribution in [-0.4, -0.2) is 19.5 Å². The van der Waals surface area contributed by atoms with Crippen molar-refractivity contribution in [1.29, 1.82) is 0 Å². The number of anilines is 1. The van der Waals surface area contributed by atoms with Crippen LogP contribution in [-0.2, 0) is 5.88 Å². The van der Waals surface area contributed by atoms with Crippen LogP contribution in [0.1, 0.15) is 45.4 Å². The van der Waals surface area contributed by atoms with Gasteiger partial charge in [-0.15, -0.1) is 11.6 Å². The van der Waals surface area contributed by atoms with E-state index in [9.17, 15) is 0 Å². The van der Waals surface area contributed by atoms with Crippen molar-refractivity contribution in [3.63, 3.8) is 0 Å². The van der Waals surface area contributed by atoms with Crippen molar-refractivity contribution in [2.45, 2.75) is 40.0 Å². The van der Waals surface area contributed by atoms with Crippen molar-refractivity contribution in [1.82, 2.24) is 19.5 Å². The maximum absolute atomic E-state index is 6.19. The third-order valence-electron chi connectivity index (χ3n) is 4.89. The van der Waals surface area contributed by atoms with Crippen molar-refractivity contribution in [2.75, 3.05) is 5.73 Å². The normalized spacial score (nSPS) is 11.6. The first-order valence-corrected chi connectivity index (χ1v) is 11.7. The summed E-state index contributed by atoms with van der Waals surface area (Å²) in [6.07, 6.45) is 9.02. The fourth-order valence-electron chi connectivity index (χ4n) is 3.39. The monoisotopic (exact) mass is 459 g/mol. The number of halogens is 1. The molecule has 2 N–H and O–H groups in total. The number of aromatic nitrogens is 4. The largest absolute Gasteiger partial charge is 0.383 e. The fourth-order valence-corrected chi connectivity index (χ4v) is 3.57. The van der Waals surface area contributed by atoms with Crippen molar-refractivity contribution < 1.29 is 0 Å². The summed E-state index contributed by atoms with van der Waals surface area (Å²) in [6.45, 7) is 8.25. The SMILES string of the molecule is C/C=C\C(=C/C)c1ccc2nc(-c3cccnc3N)n(-c3ccc(CCl)cc3)c2n1.CCC. The molecule has 4 rings (SSSR count). The Hall–Kier alpha value is -3.44. The number of benzene rings is 1. The maximum Gasteiger partial charge on any atom is 0.165 e. The number of alkyl halides is 1. The first kappa shape index (κ1) is 24.2. The molecule has 5 nitrogen and oxygen atoms in total. The predicted octanol–water partition coefficient (Wildman–Crippen LogP) is 7.20. The molecule has 0 amide bonds. The van der Waals surface area contributed by atoms with Crippen LogP contribution < -0.4 is 5.73 Å². The molecule has 0 fully saturated rings. The molecule has 0 spiro atoms. The minimum atomic E-state index is 0.426. The van der Waals surface area contributed by atoms with Gasteiger partial charge in [0.15, 0.2) is 11.5 Å². The van der Waals surface area contributed by atoms with Gasteiger partial charge in [0, 0.05) is 17.8 Å². The molecule has 3 heterocycles. The third kappa shape index (κ3) is 5.32. The summed E-state index contributed by atoms with van der Waals surface area (Å²) in [5.74, 6) is 1.59. The molecule has 33 heavy (non-hydrogen) atoms. The van der Waals surface area contributed by atoms with Gasteiger partial charge in [0.2, 0.25) is 0 Å². The van der Waals surface area contributed by atoms with Gasteiger partial charge < -0.3 is 5.73 Å². The van der Waals surface area contributed by atoms with Gasteiger partial charge in [-0.3, -0.25) is 4.57 Å². The van der Waals surface area contributed by atoms with Crippen molar-refractivity contribution in [3.05, 3.63) is 84.2 Å². The van der Waals surface area contributed by atoms with Crippen LogP contribution >= 0.6 is 11.6 Å². The summed E-state index contributed by atoms with van der Waals surface area (Å²) >= 11 is 5.98. The number of nitrogen functional groups attached to an aromatic ring is 1. The van der Waals surface area contributed by atoms with Crippen molar-refractivity contribution in [2.24, 2.45) is 0 Å². The molecule has 0 unspecified atom stereocenters. The second kappa shape index (κ2) is 11.4. The summed E-state index contributed by atoms with van der Waals surface area (Å²) in [6, 6.07) is 15.8. The van der Waals surface area contributed by atoms with E-state index in [-0.39, 0.29) is 0 Å². The van der Waals surface area contributed by atoms with Crippen molar-refractivity contribution in [3.8, 4) is 17.1 Å². The summed E-state index contributed by atoms with van der Waals surface area (Å²) in [7, 11) is 0. The summed E-state index contributed by atoms with van der Waals surface area (Å²) in [4.78, 5) is 14.0. The number of hydrogen-bond donors (Lipinski definition) is 1. The van der Waals surface area contributed by atoms with Gasteiger partial charge in [0.1, 0.15) is 11.3 Å². The van der Waals surface area contributed by atoms with E-state index in [2.05, 4.69) is 18.8 Å². The van der Waals surface area contributed by atoms with Gasteiger partial charge >= 0.3 is 0 Å². The zero-order chi connectivity index (χ0) is 23.8. The van der Waals surface area contributed by atoms with Crippen LogP contribution in [0.2, 0.25) is 0 Å². The number of allylic oxidation sites excluding steroid dienone is 4. The maximum atomic E-state index is 6.19. The van der Waals surface area contributed by atoms with E-state index in [4.69, 9.17) is 27.3 Å². The van der Waals surface area contributed by atoms with Gasteiger partial charge in [0.25, 0.3) is 0 Å². The second-order valence-electron chi connectivity index (χ2n) is 7.50. The van der Waals surface area contributed by atoms with Gasteiger partial charge in [-0.25, -0.2) is 15.0 Å². The van der Waals surface area contributed by atoms with E-state index in [1.54, 1.807) is 6.20 Å². The highest BCUT2D eigenvalue weighted by Gasteiger charge is 2.18. The predicted molar refractivity (Wildman–Crippen MR) is 140 cm³/mol. The highest BCUT2D eigenvalue weighted by Crippen LogP contribution is 2.31. The zero-order valence-corrected chi connectivity index (χ0v) is 20.3. The van der Waals surface area contributed by atoms with Gasteiger partial charge in [0.05, 0.1) is 11.3 Å². The Kier molecular flexibility index (Phi) is 8.39. The Morgan fingerprint density at radius 2 is 1.76 bits per heavy atom. The second-order valence-corrected chi connectivity index (χ2v) is 7.76. The van der Waals surface area contributed by atoms with E-state index in [1.165, 1.54) is 6.42 Å². The van der Waals surface area contributed by atoms with Gasteiger partial charge in [-0.05, 0) is 61.4 Å². The molecule has 0 atom stereocenters. The Morgan fingerprint density at radius 3 is 2.36 bits per heavy atom. The summed E-state index contributed by atoms with van der Waals surface area (Å²) in [5, 5.41) is 0. The lowest BCUT2D eigenvalue weighted by Crippen LogP contribution is -2.02. The number of nitrogens with zero attached hydrogens (tertiary/aromatic N) is 4. The minimum Gasteiger partial charge on any atom is -0.383 e. The molecule has 1 aromatic carbocycles.